The Morgan fingerprint density at radius 1 is 1.19 bits per heavy atom. The second-order valence-electron chi connectivity index (χ2n) is 8.36. The molecule has 1 aliphatic heterocycles. The van der Waals surface area contributed by atoms with E-state index in [-0.39, 0.29) is 16.9 Å². The lowest BCUT2D eigenvalue weighted by molar-refractivity contribution is 0.0775. The molecule has 2 aliphatic carbocycles. The molecule has 0 radical (unpaired) electrons. The predicted octanol–water partition coefficient (Wildman–Crippen LogP) is 2.82. The van der Waals surface area contributed by atoms with Crippen molar-refractivity contribution < 1.29 is 22.7 Å². The number of rotatable bonds is 4. The number of anilines is 1. The van der Waals surface area contributed by atoms with Crippen LogP contribution in [-0.2, 0) is 47.0 Å². The highest BCUT2D eigenvalue weighted by Gasteiger charge is 2.32. The van der Waals surface area contributed by atoms with E-state index >= 15 is 0 Å². The first-order chi connectivity index (χ1) is 15.4. The second-order valence-corrected chi connectivity index (χ2v) is 10.4. The highest BCUT2D eigenvalue weighted by atomic mass is 35.5. The molecule has 0 saturated carbocycles. The van der Waals surface area contributed by atoms with Crippen LogP contribution in [0.15, 0.2) is 11.1 Å². The maximum atomic E-state index is 13.0. The molecule has 1 unspecified atom stereocenters. The summed E-state index contributed by atoms with van der Waals surface area (Å²) in [5.74, 6) is 0.109. The number of carbonyl (C=O) groups is 1. The molecule has 11 heteroatoms. The van der Waals surface area contributed by atoms with E-state index in [4.69, 9.17) is 21.1 Å². The average molecular weight is 481 g/mol. The Kier molecular flexibility index (Phi) is 5.55. The number of methoxy groups -OCH3 is 1. The van der Waals surface area contributed by atoms with Gasteiger partial charge in [-0.25, -0.2) is 22.6 Å². The van der Waals surface area contributed by atoms with Crippen LogP contribution in [0.25, 0.3) is 0 Å². The SMILES string of the molecule is COC1CCOc2c(S(=O)(=O)NC(=O)Nc3c4c(c(Cl)c5c3CCC5)CCC4)cnn2C1. The standard InChI is InChI=1S/C21H25ClN4O5S/c1-30-12-8-9-31-20-17(10-23-26(20)11-12)32(28,29)25-21(27)24-19-15-6-2-4-13(15)18(22)14-5-3-7-16(14)19/h10,12H,2-9,11H2,1H3,(H2,24,25,27). The van der Waals surface area contributed by atoms with Crippen molar-refractivity contribution in [2.45, 2.75) is 62.5 Å². The quantitative estimate of drug-likeness (QED) is 0.696. The summed E-state index contributed by atoms with van der Waals surface area (Å²) in [4.78, 5) is 12.6. The smallest absolute Gasteiger partial charge is 0.333 e. The number of nitrogens with one attached hydrogen (secondary N) is 2. The number of aromatic nitrogens is 2. The third-order valence-electron chi connectivity index (χ3n) is 6.47. The van der Waals surface area contributed by atoms with Gasteiger partial charge in [0.1, 0.15) is 0 Å². The number of benzene rings is 1. The molecule has 2 aromatic rings. The Morgan fingerprint density at radius 2 is 1.84 bits per heavy atom. The zero-order valence-corrected chi connectivity index (χ0v) is 19.3. The summed E-state index contributed by atoms with van der Waals surface area (Å²) >= 11 is 6.63. The van der Waals surface area contributed by atoms with Crippen LogP contribution in [0.1, 0.15) is 41.5 Å². The number of nitrogens with zero attached hydrogens (tertiary/aromatic N) is 2. The van der Waals surface area contributed by atoms with Crippen LogP contribution in [0.4, 0.5) is 10.5 Å². The lowest BCUT2D eigenvalue weighted by atomic mass is 9.98. The minimum absolute atomic E-state index is 0.109. The first-order valence-corrected chi connectivity index (χ1v) is 12.6. The number of fused-ring (bicyclic) bond motifs is 3. The van der Waals surface area contributed by atoms with E-state index in [1.807, 2.05) is 0 Å². The topological polar surface area (TPSA) is 112 Å². The Bertz CT molecular complexity index is 1160. The number of urea groups is 1. The van der Waals surface area contributed by atoms with Crippen molar-refractivity contribution in [1.29, 1.82) is 0 Å². The third-order valence-corrected chi connectivity index (χ3v) is 8.24. The number of hydrogen-bond acceptors (Lipinski definition) is 6. The molecule has 2 heterocycles. The lowest BCUT2D eigenvalue weighted by Gasteiger charge is -2.18. The van der Waals surface area contributed by atoms with Crippen LogP contribution in [0.5, 0.6) is 5.88 Å². The lowest BCUT2D eigenvalue weighted by Crippen LogP contribution is -2.35. The first kappa shape index (κ1) is 21.5. The van der Waals surface area contributed by atoms with E-state index in [1.54, 1.807) is 7.11 Å². The van der Waals surface area contributed by atoms with Gasteiger partial charge in [-0.2, -0.15) is 5.10 Å². The third kappa shape index (κ3) is 3.64. The van der Waals surface area contributed by atoms with Crippen molar-refractivity contribution in [3.63, 3.8) is 0 Å². The molecule has 0 bridgehead atoms. The number of carbonyl (C=O) groups excluding carboxylic acids is 1. The van der Waals surface area contributed by atoms with Crippen LogP contribution in [-0.4, -0.2) is 44.1 Å². The maximum absolute atomic E-state index is 13.0. The summed E-state index contributed by atoms with van der Waals surface area (Å²) < 4.78 is 40.5. The van der Waals surface area contributed by atoms with Crippen LogP contribution >= 0.6 is 11.6 Å². The molecule has 1 aromatic carbocycles. The van der Waals surface area contributed by atoms with Gasteiger partial charge >= 0.3 is 6.03 Å². The molecule has 0 spiro atoms. The van der Waals surface area contributed by atoms with Crippen LogP contribution < -0.4 is 14.8 Å². The molecule has 0 saturated heterocycles. The molecule has 9 nitrogen and oxygen atoms in total. The van der Waals surface area contributed by atoms with Crippen molar-refractivity contribution in [3.05, 3.63) is 33.5 Å². The number of halogens is 1. The molecule has 32 heavy (non-hydrogen) atoms. The molecule has 0 fully saturated rings. The molecular weight excluding hydrogens is 456 g/mol. The molecule has 2 N–H and O–H groups in total. The summed E-state index contributed by atoms with van der Waals surface area (Å²) in [6.45, 7) is 0.665. The van der Waals surface area contributed by atoms with E-state index in [1.165, 1.54) is 10.9 Å². The molecule has 2 amide bonds. The monoisotopic (exact) mass is 480 g/mol. The highest BCUT2D eigenvalue weighted by molar-refractivity contribution is 7.90. The van der Waals surface area contributed by atoms with E-state index in [9.17, 15) is 13.2 Å². The fourth-order valence-electron chi connectivity index (χ4n) is 4.94. The summed E-state index contributed by atoms with van der Waals surface area (Å²) in [5.41, 5.74) is 4.92. The minimum Gasteiger partial charge on any atom is -0.477 e. The molecule has 1 atom stereocenters. The van der Waals surface area contributed by atoms with Crippen LogP contribution in [0, 0.1) is 0 Å². The second kappa shape index (κ2) is 8.24. The fourth-order valence-corrected chi connectivity index (χ4v) is 6.34. The van der Waals surface area contributed by atoms with Gasteiger partial charge in [-0.3, -0.25) is 0 Å². The number of hydrogen-bond donors (Lipinski definition) is 2. The highest BCUT2D eigenvalue weighted by Crippen LogP contribution is 2.44. The number of sulfonamides is 1. The zero-order chi connectivity index (χ0) is 22.5. The van der Waals surface area contributed by atoms with E-state index in [2.05, 4.69) is 15.1 Å². The largest absolute Gasteiger partial charge is 0.477 e. The summed E-state index contributed by atoms with van der Waals surface area (Å²) in [7, 11) is -2.60. The van der Waals surface area contributed by atoms with Gasteiger partial charge in [0.15, 0.2) is 4.90 Å². The predicted molar refractivity (Wildman–Crippen MR) is 118 cm³/mol. The summed E-state index contributed by atoms with van der Waals surface area (Å²) in [6.07, 6.45) is 6.99. The van der Waals surface area contributed by atoms with Gasteiger partial charge in [0.25, 0.3) is 10.0 Å². The van der Waals surface area contributed by atoms with Crippen molar-refractivity contribution in [3.8, 4) is 5.88 Å². The van der Waals surface area contributed by atoms with Crippen LogP contribution in [0.3, 0.4) is 0 Å². The van der Waals surface area contributed by atoms with Crippen molar-refractivity contribution in [2.75, 3.05) is 19.0 Å². The molecule has 172 valence electrons. The van der Waals surface area contributed by atoms with Gasteiger partial charge in [0.05, 0.1) is 25.5 Å². The average Bonchev–Trinajstić information content (AvgIpc) is 3.48. The fraction of sp³-hybridized carbons (Fsp3) is 0.524. The summed E-state index contributed by atoms with van der Waals surface area (Å²) in [6, 6.07) is -0.807. The van der Waals surface area contributed by atoms with Gasteiger partial charge in [-0.15, -0.1) is 0 Å². The van der Waals surface area contributed by atoms with Crippen molar-refractivity contribution in [1.82, 2.24) is 14.5 Å². The Hall–Kier alpha value is -2.30. The van der Waals surface area contributed by atoms with Crippen molar-refractivity contribution in [2.24, 2.45) is 0 Å². The van der Waals surface area contributed by atoms with E-state index < -0.39 is 16.1 Å². The molecule has 5 rings (SSSR count). The van der Waals surface area contributed by atoms with Crippen molar-refractivity contribution >= 4 is 33.3 Å². The minimum atomic E-state index is -4.19. The number of amides is 2. The van der Waals surface area contributed by atoms with Gasteiger partial charge in [-0.1, -0.05) is 11.6 Å². The Morgan fingerprint density at radius 3 is 2.50 bits per heavy atom. The van der Waals surface area contributed by atoms with Gasteiger partial charge in [0.2, 0.25) is 5.88 Å². The van der Waals surface area contributed by atoms with E-state index in [0.29, 0.717) is 19.6 Å². The molecular formula is C21H25ClN4O5S. The Balaban J connectivity index is 1.40. The number of ether oxygens (including phenoxy) is 2. The van der Waals surface area contributed by atoms with Gasteiger partial charge in [0, 0.05) is 24.2 Å². The van der Waals surface area contributed by atoms with Gasteiger partial charge < -0.3 is 14.8 Å². The van der Waals surface area contributed by atoms with Crippen LogP contribution in [0.2, 0.25) is 5.02 Å². The summed E-state index contributed by atoms with van der Waals surface area (Å²) in [5, 5.41) is 7.76. The molecule has 1 aromatic heterocycles. The van der Waals surface area contributed by atoms with Gasteiger partial charge in [-0.05, 0) is 60.8 Å². The first-order valence-electron chi connectivity index (χ1n) is 10.8. The van der Waals surface area contributed by atoms with E-state index in [0.717, 1.165) is 71.5 Å². The molecule has 3 aliphatic rings. The normalized spacial score (nSPS) is 19.5. The Labute approximate surface area is 191 Å². The zero-order valence-electron chi connectivity index (χ0n) is 17.7. The maximum Gasteiger partial charge on any atom is 0.333 e.